The lowest BCUT2D eigenvalue weighted by atomic mass is 10.3. The molecule has 96 valence electrons. The maximum Gasteiger partial charge on any atom is 0.409 e. The zero-order chi connectivity index (χ0) is 13.0. The van der Waals surface area contributed by atoms with E-state index < -0.39 is 0 Å². The summed E-state index contributed by atoms with van der Waals surface area (Å²) in [6.45, 7) is 3.20. The van der Waals surface area contributed by atoms with Crippen molar-refractivity contribution in [1.29, 1.82) is 0 Å². The molecule has 1 aliphatic heterocycles. The third-order valence-corrected chi connectivity index (χ3v) is 2.63. The van der Waals surface area contributed by atoms with E-state index >= 15 is 0 Å². The molecule has 1 N–H and O–H groups in total. The summed E-state index contributed by atoms with van der Waals surface area (Å²) < 4.78 is 4.78. The van der Waals surface area contributed by atoms with Gasteiger partial charge in [-0.15, -0.1) is 0 Å². The van der Waals surface area contributed by atoms with Crippen LogP contribution in [0.5, 0.6) is 0 Å². The summed E-state index contributed by atoms with van der Waals surface area (Å²) in [7, 11) is 0. The van der Waals surface area contributed by atoms with Crippen LogP contribution in [-0.4, -0.2) is 41.6 Å². The van der Waals surface area contributed by atoms with Gasteiger partial charge < -0.3 is 15.0 Å². The lowest BCUT2D eigenvalue weighted by molar-refractivity contribution is -0.116. The first-order chi connectivity index (χ1) is 8.65. The predicted octanol–water partition coefficient (Wildman–Crippen LogP) is 1.17. The van der Waals surface area contributed by atoms with Crippen LogP contribution in [-0.2, 0) is 9.53 Å². The molecule has 1 aromatic rings. The second-order valence-electron chi connectivity index (χ2n) is 4.09. The molecule has 0 radical (unpaired) electrons. The number of amides is 2. The van der Waals surface area contributed by atoms with E-state index in [9.17, 15) is 9.59 Å². The minimum absolute atomic E-state index is 0.125. The summed E-state index contributed by atoms with van der Waals surface area (Å²) >= 11 is 0. The normalized spacial score (nSPS) is 14.5. The number of rotatable bonds is 4. The van der Waals surface area contributed by atoms with E-state index in [1.54, 1.807) is 18.3 Å². The molecule has 6 heteroatoms. The summed E-state index contributed by atoms with van der Waals surface area (Å²) in [5.41, 5.74) is 1.56. The maximum atomic E-state index is 11.7. The van der Waals surface area contributed by atoms with Crippen LogP contribution < -0.4 is 5.32 Å². The Hall–Kier alpha value is -2.11. The first kappa shape index (κ1) is 12.3. The van der Waals surface area contributed by atoms with Gasteiger partial charge in [0.25, 0.3) is 0 Å². The van der Waals surface area contributed by atoms with E-state index in [1.807, 2.05) is 6.92 Å². The Bertz CT molecular complexity index is 462. The number of cyclic esters (lactones) is 1. The molecule has 1 saturated heterocycles. The highest BCUT2D eigenvalue weighted by molar-refractivity contribution is 5.91. The monoisotopic (exact) mass is 249 g/mol. The van der Waals surface area contributed by atoms with Crippen molar-refractivity contribution in [2.45, 2.75) is 13.3 Å². The van der Waals surface area contributed by atoms with Gasteiger partial charge in [0.15, 0.2) is 0 Å². The molecule has 0 atom stereocenters. The molecule has 0 bridgehead atoms. The van der Waals surface area contributed by atoms with Gasteiger partial charge in [0, 0.05) is 30.5 Å². The van der Waals surface area contributed by atoms with Gasteiger partial charge >= 0.3 is 6.09 Å². The third kappa shape index (κ3) is 3.19. The fourth-order valence-corrected chi connectivity index (χ4v) is 1.71. The van der Waals surface area contributed by atoms with E-state index in [2.05, 4.69) is 10.3 Å². The molecule has 0 saturated carbocycles. The van der Waals surface area contributed by atoms with Crippen LogP contribution in [0.4, 0.5) is 10.5 Å². The van der Waals surface area contributed by atoms with Gasteiger partial charge in [-0.25, -0.2) is 4.79 Å². The Morgan fingerprint density at radius 3 is 3.11 bits per heavy atom. The Kier molecular flexibility index (Phi) is 3.76. The van der Waals surface area contributed by atoms with Crippen LogP contribution >= 0.6 is 0 Å². The molecule has 0 aliphatic carbocycles. The molecule has 1 fully saturated rings. The van der Waals surface area contributed by atoms with E-state index in [-0.39, 0.29) is 18.4 Å². The molecular weight excluding hydrogens is 234 g/mol. The van der Waals surface area contributed by atoms with Crippen molar-refractivity contribution < 1.29 is 14.3 Å². The van der Waals surface area contributed by atoms with Crippen molar-refractivity contribution in [2.24, 2.45) is 0 Å². The highest BCUT2D eigenvalue weighted by Crippen LogP contribution is 2.08. The smallest absolute Gasteiger partial charge is 0.409 e. The van der Waals surface area contributed by atoms with Crippen LogP contribution in [0.2, 0.25) is 0 Å². The number of hydrogen-bond donors (Lipinski definition) is 1. The Labute approximate surface area is 105 Å². The Balaban J connectivity index is 1.80. The molecule has 0 unspecified atom stereocenters. The quantitative estimate of drug-likeness (QED) is 0.869. The highest BCUT2D eigenvalue weighted by atomic mass is 16.6. The minimum atomic E-state index is -0.345. The topological polar surface area (TPSA) is 71.5 Å². The maximum absolute atomic E-state index is 11.7. The van der Waals surface area contributed by atoms with Crippen molar-refractivity contribution in [3.8, 4) is 0 Å². The van der Waals surface area contributed by atoms with E-state index in [1.165, 1.54) is 4.90 Å². The van der Waals surface area contributed by atoms with E-state index in [0.29, 0.717) is 19.7 Å². The molecule has 6 nitrogen and oxygen atoms in total. The number of aryl methyl sites for hydroxylation is 1. The fraction of sp³-hybridized carbons (Fsp3) is 0.417. The zero-order valence-electron chi connectivity index (χ0n) is 10.2. The largest absolute Gasteiger partial charge is 0.448 e. The second-order valence-corrected chi connectivity index (χ2v) is 4.09. The van der Waals surface area contributed by atoms with Gasteiger partial charge in [-0.05, 0) is 19.1 Å². The van der Waals surface area contributed by atoms with Crippen molar-refractivity contribution in [1.82, 2.24) is 9.88 Å². The first-order valence-corrected chi connectivity index (χ1v) is 5.79. The molecule has 2 heterocycles. The number of pyridine rings is 1. The second kappa shape index (κ2) is 5.48. The average Bonchev–Trinajstić information content (AvgIpc) is 2.72. The molecule has 18 heavy (non-hydrogen) atoms. The van der Waals surface area contributed by atoms with Crippen LogP contribution in [0.25, 0.3) is 0 Å². The highest BCUT2D eigenvalue weighted by Gasteiger charge is 2.21. The summed E-state index contributed by atoms with van der Waals surface area (Å²) in [4.78, 5) is 28.4. The third-order valence-electron chi connectivity index (χ3n) is 2.63. The number of nitrogens with one attached hydrogen (secondary N) is 1. The van der Waals surface area contributed by atoms with Gasteiger partial charge in [0.1, 0.15) is 6.61 Å². The minimum Gasteiger partial charge on any atom is -0.448 e. The standard InChI is InChI=1S/C12H15N3O3/c1-9-8-10(2-4-13-9)14-11(16)3-5-15-6-7-18-12(15)17/h2,4,8H,3,5-7H2,1H3,(H,13,14,16). The number of nitrogens with zero attached hydrogens (tertiary/aromatic N) is 2. The van der Waals surface area contributed by atoms with Crippen LogP contribution in [0.1, 0.15) is 12.1 Å². The van der Waals surface area contributed by atoms with Crippen molar-refractivity contribution in [3.63, 3.8) is 0 Å². The van der Waals surface area contributed by atoms with Crippen LogP contribution in [0, 0.1) is 6.92 Å². The number of ether oxygens (including phenoxy) is 1. The summed E-state index contributed by atoms with van der Waals surface area (Å²) in [6.07, 6.45) is 1.56. The molecule has 2 amide bonds. The molecular formula is C12H15N3O3. The Morgan fingerprint density at radius 2 is 2.44 bits per heavy atom. The summed E-state index contributed by atoms with van der Waals surface area (Å²) in [6, 6.07) is 3.52. The van der Waals surface area contributed by atoms with Gasteiger partial charge in [0.2, 0.25) is 5.91 Å². The van der Waals surface area contributed by atoms with Crippen LogP contribution in [0.15, 0.2) is 18.3 Å². The van der Waals surface area contributed by atoms with Crippen molar-refractivity contribution in [2.75, 3.05) is 25.0 Å². The lowest BCUT2D eigenvalue weighted by Crippen LogP contribution is -2.28. The lowest BCUT2D eigenvalue weighted by Gasteiger charge is -2.12. The summed E-state index contributed by atoms with van der Waals surface area (Å²) in [5, 5.41) is 2.76. The summed E-state index contributed by atoms with van der Waals surface area (Å²) in [5.74, 6) is -0.125. The number of carbonyl (C=O) groups excluding carboxylic acids is 2. The van der Waals surface area contributed by atoms with Gasteiger partial charge in [-0.1, -0.05) is 0 Å². The number of carbonyl (C=O) groups is 2. The predicted molar refractivity (Wildman–Crippen MR) is 65.1 cm³/mol. The van der Waals surface area contributed by atoms with E-state index in [4.69, 9.17) is 4.74 Å². The molecule has 1 aliphatic rings. The zero-order valence-corrected chi connectivity index (χ0v) is 10.2. The van der Waals surface area contributed by atoms with Crippen molar-refractivity contribution >= 4 is 17.7 Å². The molecule has 2 rings (SSSR count). The van der Waals surface area contributed by atoms with Crippen molar-refractivity contribution in [3.05, 3.63) is 24.0 Å². The van der Waals surface area contributed by atoms with E-state index in [0.717, 1.165) is 11.4 Å². The Morgan fingerprint density at radius 1 is 1.61 bits per heavy atom. The fourth-order valence-electron chi connectivity index (χ4n) is 1.71. The van der Waals surface area contributed by atoms with Gasteiger partial charge in [-0.3, -0.25) is 9.78 Å². The SMILES string of the molecule is Cc1cc(NC(=O)CCN2CCOC2=O)ccn1. The number of aromatic nitrogens is 1. The molecule has 0 spiro atoms. The molecule has 0 aromatic carbocycles. The number of hydrogen-bond acceptors (Lipinski definition) is 4. The average molecular weight is 249 g/mol. The molecule has 1 aromatic heterocycles. The first-order valence-electron chi connectivity index (χ1n) is 5.79. The van der Waals surface area contributed by atoms with Gasteiger partial charge in [0.05, 0.1) is 6.54 Å². The van der Waals surface area contributed by atoms with Crippen LogP contribution in [0.3, 0.4) is 0 Å². The number of anilines is 1. The van der Waals surface area contributed by atoms with Gasteiger partial charge in [-0.2, -0.15) is 0 Å².